The SMILES string of the molecule is CCCNC(c1ccc(OC)cc1)C(C)Sc1cccs1. The first kappa shape index (κ1) is 16.4. The van der Waals surface area contributed by atoms with Gasteiger partial charge in [-0.05, 0) is 42.1 Å². The van der Waals surface area contributed by atoms with Crippen molar-refractivity contribution >= 4 is 23.1 Å². The monoisotopic (exact) mass is 321 g/mol. The van der Waals surface area contributed by atoms with Crippen LogP contribution in [0.5, 0.6) is 5.75 Å². The molecule has 2 rings (SSSR count). The van der Waals surface area contributed by atoms with E-state index < -0.39 is 0 Å². The molecule has 0 amide bonds. The van der Waals surface area contributed by atoms with Crippen molar-refractivity contribution in [1.29, 1.82) is 0 Å². The van der Waals surface area contributed by atoms with Crippen LogP contribution >= 0.6 is 23.1 Å². The first-order valence-electron chi connectivity index (χ1n) is 7.32. The molecule has 0 aliphatic carbocycles. The Bertz CT molecular complexity index is 510. The molecule has 1 aromatic carbocycles. The third kappa shape index (κ3) is 4.77. The van der Waals surface area contributed by atoms with Gasteiger partial charge in [-0.1, -0.05) is 32.0 Å². The molecule has 4 heteroatoms. The number of benzene rings is 1. The Hall–Kier alpha value is -0.970. The highest BCUT2D eigenvalue weighted by Crippen LogP contribution is 2.34. The molecule has 0 spiro atoms. The number of nitrogens with one attached hydrogen (secondary N) is 1. The summed E-state index contributed by atoms with van der Waals surface area (Å²) in [7, 11) is 1.71. The number of hydrogen-bond acceptors (Lipinski definition) is 4. The van der Waals surface area contributed by atoms with Crippen molar-refractivity contribution < 1.29 is 4.74 Å². The van der Waals surface area contributed by atoms with E-state index in [0.29, 0.717) is 11.3 Å². The highest BCUT2D eigenvalue weighted by Gasteiger charge is 2.20. The molecule has 0 saturated heterocycles. The van der Waals surface area contributed by atoms with E-state index in [9.17, 15) is 0 Å². The van der Waals surface area contributed by atoms with Crippen molar-refractivity contribution in [2.45, 2.75) is 35.8 Å². The zero-order valence-corrected chi connectivity index (χ0v) is 14.5. The number of methoxy groups -OCH3 is 1. The summed E-state index contributed by atoms with van der Waals surface area (Å²) in [6, 6.07) is 13.1. The van der Waals surface area contributed by atoms with Gasteiger partial charge in [-0.25, -0.2) is 0 Å². The van der Waals surface area contributed by atoms with Crippen LogP contribution in [0.2, 0.25) is 0 Å². The lowest BCUT2D eigenvalue weighted by molar-refractivity contribution is 0.414. The van der Waals surface area contributed by atoms with E-state index in [1.807, 2.05) is 35.2 Å². The molecule has 2 unspecified atom stereocenters. The van der Waals surface area contributed by atoms with Gasteiger partial charge in [0.1, 0.15) is 5.75 Å². The predicted octanol–water partition coefficient (Wildman–Crippen LogP) is 4.98. The second-order valence-electron chi connectivity index (χ2n) is 4.96. The summed E-state index contributed by atoms with van der Waals surface area (Å²) < 4.78 is 6.63. The third-order valence-corrected chi connectivity index (χ3v) is 5.61. The largest absolute Gasteiger partial charge is 0.497 e. The summed E-state index contributed by atoms with van der Waals surface area (Å²) in [5.74, 6) is 0.909. The molecular formula is C17H23NOS2. The van der Waals surface area contributed by atoms with Gasteiger partial charge in [0.2, 0.25) is 0 Å². The van der Waals surface area contributed by atoms with Gasteiger partial charge in [-0.3, -0.25) is 0 Å². The average molecular weight is 322 g/mol. The van der Waals surface area contributed by atoms with Gasteiger partial charge in [-0.15, -0.1) is 23.1 Å². The Kier molecular flexibility index (Phi) is 6.61. The Labute approximate surface area is 135 Å². The van der Waals surface area contributed by atoms with Crippen LogP contribution in [0.3, 0.4) is 0 Å². The summed E-state index contributed by atoms with van der Waals surface area (Å²) in [6.07, 6.45) is 1.14. The lowest BCUT2D eigenvalue weighted by Crippen LogP contribution is -2.29. The summed E-state index contributed by atoms with van der Waals surface area (Å²) in [5.41, 5.74) is 1.32. The van der Waals surface area contributed by atoms with Gasteiger partial charge in [0.25, 0.3) is 0 Å². The lowest BCUT2D eigenvalue weighted by Gasteiger charge is -2.25. The molecule has 21 heavy (non-hydrogen) atoms. The molecule has 0 aliphatic rings. The summed E-state index contributed by atoms with van der Waals surface area (Å²) in [6.45, 7) is 5.53. The number of rotatable bonds is 8. The summed E-state index contributed by atoms with van der Waals surface area (Å²) >= 11 is 3.75. The van der Waals surface area contributed by atoms with Crippen molar-refractivity contribution in [3.05, 3.63) is 47.3 Å². The zero-order chi connectivity index (χ0) is 15.1. The minimum atomic E-state index is 0.350. The van der Waals surface area contributed by atoms with E-state index in [1.54, 1.807) is 7.11 Å². The fourth-order valence-corrected chi connectivity index (χ4v) is 4.45. The Morgan fingerprint density at radius 1 is 1.24 bits per heavy atom. The van der Waals surface area contributed by atoms with Gasteiger partial charge in [0.05, 0.1) is 11.3 Å². The first-order valence-corrected chi connectivity index (χ1v) is 9.08. The van der Waals surface area contributed by atoms with Gasteiger partial charge in [0, 0.05) is 11.3 Å². The second-order valence-corrected chi connectivity index (χ2v) is 7.59. The minimum Gasteiger partial charge on any atom is -0.497 e. The van der Waals surface area contributed by atoms with Crippen molar-refractivity contribution in [1.82, 2.24) is 5.32 Å². The molecule has 0 bridgehead atoms. The molecule has 1 N–H and O–H groups in total. The second kappa shape index (κ2) is 8.47. The van der Waals surface area contributed by atoms with Crippen molar-refractivity contribution in [2.24, 2.45) is 0 Å². The number of thiophene rings is 1. The fourth-order valence-electron chi connectivity index (χ4n) is 2.25. The summed E-state index contributed by atoms with van der Waals surface area (Å²) in [5, 5.41) is 6.29. The molecular weight excluding hydrogens is 298 g/mol. The molecule has 0 aliphatic heterocycles. The molecule has 0 radical (unpaired) electrons. The van der Waals surface area contributed by atoms with Gasteiger partial charge >= 0.3 is 0 Å². The number of hydrogen-bond donors (Lipinski definition) is 1. The Morgan fingerprint density at radius 2 is 2.00 bits per heavy atom. The molecule has 0 saturated carbocycles. The summed E-state index contributed by atoms with van der Waals surface area (Å²) in [4.78, 5) is 0. The molecule has 1 aromatic heterocycles. The van der Waals surface area contributed by atoms with Crippen LogP contribution in [0, 0.1) is 0 Å². The van der Waals surface area contributed by atoms with E-state index >= 15 is 0 Å². The van der Waals surface area contributed by atoms with Crippen LogP contribution < -0.4 is 10.1 Å². The standard InChI is InChI=1S/C17H23NOS2/c1-4-11-18-17(13(2)21-16-6-5-12-20-16)14-7-9-15(19-3)10-8-14/h5-10,12-13,17-18H,4,11H2,1-3H3. The lowest BCUT2D eigenvalue weighted by atomic mass is 10.0. The highest BCUT2D eigenvalue weighted by atomic mass is 32.2. The maximum absolute atomic E-state index is 5.25. The highest BCUT2D eigenvalue weighted by molar-refractivity contribution is 8.01. The van der Waals surface area contributed by atoms with Crippen molar-refractivity contribution in [3.63, 3.8) is 0 Å². The Morgan fingerprint density at radius 3 is 2.57 bits per heavy atom. The molecule has 2 aromatic rings. The van der Waals surface area contributed by atoms with E-state index in [-0.39, 0.29) is 0 Å². The van der Waals surface area contributed by atoms with Crippen LogP contribution in [0.1, 0.15) is 31.9 Å². The topological polar surface area (TPSA) is 21.3 Å². The maximum atomic E-state index is 5.25. The Balaban J connectivity index is 2.11. The van der Waals surface area contributed by atoms with Crippen LogP contribution in [0.25, 0.3) is 0 Å². The molecule has 2 atom stereocenters. The average Bonchev–Trinajstić information content (AvgIpc) is 3.01. The fraction of sp³-hybridized carbons (Fsp3) is 0.412. The number of ether oxygens (including phenoxy) is 1. The molecule has 2 nitrogen and oxygen atoms in total. The predicted molar refractivity (Wildman–Crippen MR) is 93.7 cm³/mol. The molecule has 0 fully saturated rings. The van der Waals surface area contributed by atoms with Crippen LogP contribution in [0.4, 0.5) is 0 Å². The maximum Gasteiger partial charge on any atom is 0.118 e. The van der Waals surface area contributed by atoms with E-state index in [0.717, 1.165) is 18.7 Å². The smallest absolute Gasteiger partial charge is 0.118 e. The zero-order valence-electron chi connectivity index (χ0n) is 12.8. The van der Waals surface area contributed by atoms with Crippen molar-refractivity contribution in [2.75, 3.05) is 13.7 Å². The van der Waals surface area contributed by atoms with Crippen LogP contribution in [0.15, 0.2) is 46.0 Å². The first-order chi connectivity index (χ1) is 10.2. The van der Waals surface area contributed by atoms with Crippen LogP contribution in [-0.4, -0.2) is 18.9 Å². The van der Waals surface area contributed by atoms with Gasteiger partial charge in [0.15, 0.2) is 0 Å². The number of thioether (sulfide) groups is 1. The van der Waals surface area contributed by atoms with Gasteiger partial charge < -0.3 is 10.1 Å². The quantitative estimate of drug-likeness (QED) is 0.693. The van der Waals surface area contributed by atoms with Gasteiger partial charge in [-0.2, -0.15) is 0 Å². The van der Waals surface area contributed by atoms with E-state index in [4.69, 9.17) is 4.74 Å². The van der Waals surface area contributed by atoms with E-state index in [2.05, 4.69) is 48.8 Å². The minimum absolute atomic E-state index is 0.350. The normalized spacial score (nSPS) is 13.9. The van der Waals surface area contributed by atoms with E-state index in [1.165, 1.54) is 9.77 Å². The third-order valence-electron chi connectivity index (χ3n) is 3.36. The van der Waals surface area contributed by atoms with Crippen molar-refractivity contribution in [3.8, 4) is 5.75 Å². The van der Waals surface area contributed by atoms with Crippen LogP contribution in [-0.2, 0) is 0 Å². The molecule has 114 valence electrons. The molecule has 1 heterocycles.